The number of piperidine rings is 1. The van der Waals surface area contributed by atoms with Gasteiger partial charge in [0.05, 0.1) is 12.7 Å². The molecule has 6 rings (SSSR count). The van der Waals surface area contributed by atoms with Crippen LogP contribution in [0.5, 0.6) is 11.5 Å². The Hall–Kier alpha value is -1.46. The van der Waals surface area contributed by atoms with Gasteiger partial charge in [-0.15, -0.1) is 0 Å². The molecule has 1 aromatic rings. The van der Waals surface area contributed by atoms with E-state index in [9.17, 15) is 25.5 Å². The molecule has 2 aliphatic carbocycles. The van der Waals surface area contributed by atoms with Gasteiger partial charge in [-0.05, 0) is 56.8 Å². The first-order valence-corrected chi connectivity index (χ1v) is 11.5. The second-order valence-corrected chi connectivity index (χ2v) is 10.1. The predicted molar refractivity (Wildman–Crippen MR) is 110 cm³/mol. The standard InChI is InChI=1S/C23H31NO8/c1-24-7-6-23-11-3-4-13(26)21(23)32-20-14(5-2-10(16(20)23)8-12(11)24)30-22-19(29)18(28)17(27)15(9-25)31-22/h2,5,11-13,15,17-19,21-22,25-29H,3-4,6-9H2,1H3/t11?,12-,13?,15-,17-,18+,19-,21?,22?,23+/m1/s1. The van der Waals surface area contributed by atoms with E-state index < -0.39 is 43.4 Å². The summed E-state index contributed by atoms with van der Waals surface area (Å²) in [6.45, 7) is 0.413. The van der Waals surface area contributed by atoms with Gasteiger partial charge in [-0.1, -0.05) is 6.07 Å². The molecule has 0 aromatic heterocycles. The van der Waals surface area contributed by atoms with Crippen molar-refractivity contribution in [3.63, 3.8) is 0 Å². The Kier molecular flexibility index (Phi) is 4.79. The van der Waals surface area contributed by atoms with Crippen molar-refractivity contribution in [3.05, 3.63) is 23.3 Å². The second kappa shape index (κ2) is 7.27. The van der Waals surface area contributed by atoms with Crippen LogP contribution in [-0.4, -0.2) is 99.6 Å². The van der Waals surface area contributed by atoms with Crippen molar-refractivity contribution in [2.45, 2.75) is 80.1 Å². The maximum absolute atomic E-state index is 10.9. The lowest BCUT2D eigenvalue weighted by Crippen LogP contribution is -2.66. The third-order valence-electron chi connectivity index (χ3n) is 8.64. The van der Waals surface area contributed by atoms with Crippen molar-refractivity contribution in [2.24, 2.45) is 5.92 Å². The largest absolute Gasteiger partial charge is 0.483 e. The first-order chi connectivity index (χ1) is 15.4. The second-order valence-electron chi connectivity index (χ2n) is 10.1. The Morgan fingerprint density at radius 3 is 2.72 bits per heavy atom. The fraction of sp³-hybridized carbons (Fsp3) is 0.739. The van der Waals surface area contributed by atoms with Gasteiger partial charge < -0.3 is 44.6 Å². The van der Waals surface area contributed by atoms with Gasteiger partial charge in [-0.25, -0.2) is 0 Å². The number of hydrogen-bond donors (Lipinski definition) is 5. The average Bonchev–Trinajstić information content (AvgIpc) is 3.14. The minimum Gasteiger partial charge on any atom is -0.483 e. The van der Waals surface area contributed by atoms with E-state index in [-0.39, 0.29) is 11.5 Å². The van der Waals surface area contributed by atoms with E-state index in [1.165, 1.54) is 5.56 Å². The minimum atomic E-state index is -1.51. The van der Waals surface area contributed by atoms with Crippen LogP contribution in [0.1, 0.15) is 30.4 Å². The van der Waals surface area contributed by atoms with Crippen LogP contribution in [0.3, 0.4) is 0 Å². The van der Waals surface area contributed by atoms with Crippen molar-refractivity contribution < 1.29 is 39.7 Å². The normalized spacial score (nSPS) is 47.0. The van der Waals surface area contributed by atoms with Crippen LogP contribution in [0.2, 0.25) is 0 Å². The fourth-order valence-corrected chi connectivity index (χ4v) is 7.08. The average molecular weight is 450 g/mol. The van der Waals surface area contributed by atoms with Crippen LogP contribution in [0.4, 0.5) is 0 Å². The molecular formula is C23H31NO8. The Morgan fingerprint density at radius 1 is 1.12 bits per heavy atom. The number of likely N-dealkylation sites (N-methyl/N-ethyl adjacent to an activating group) is 1. The number of ether oxygens (including phenoxy) is 3. The van der Waals surface area contributed by atoms with E-state index in [0.29, 0.717) is 29.9 Å². The molecular weight excluding hydrogens is 418 g/mol. The Labute approximate surface area is 186 Å². The van der Waals surface area contributed by atoms with E-state index in [2.05, 4.69) is 11.9 Å². The molecule has 0 radical (unpaired) electrons. The molecule has 3 heterocycles. The van der Waals surface area contributed by atoms with Crippen LogP contribution < -0.4 is 9.47 Å². The number of benzene rings is 1. The zero-order valence-electron chi connectivity index (χ0n) is 18.0. The molecule has 9 nitrogen and oxygen atoms in total. The van der Waals surface area contributed by atoms with E-state index in [4.69, 9.17) is 14.2 Å². The highest BCUT2D eigenvalue weighted by atomic mass is 16.7. The molecule has 1 aromatic carbocycles. The summed E-state index contributed by atoms with van der Waals surface area (Å²) in [5, 5.41) is 51.0. The van der Waals surface area contributed by atoms with Crippen molar-refractivity contribution in [2.75, 3.05) is 20.2 Å². The van der Waals surface area contributed by atoms with Crippen LogP contribution in [0, 0.1) is 5.92 Å². The lowest BCUT2D eigenvalue weighted by atomic mass is 9.51. The summed E-state index contributed by atoms with van der Waals surface area (Å²) < 4.78 is 18.0. The smallest absolute Gasteiger partial charge is 0.229 e. The van der Waals surface area contributed by atoms with E-state index >= 15 is 0 Å². The lowest BCUT2D eigenvalue weighted by Gasteiger charge is -2.58. The molecule has 2 saturated heterocycles. The minimum absolute atomic E-state index is 0.257. The molecule has 32 heavy (non-hydrogen) atoms. The van der Waals surface area contributed by atoms with Gasteiger partial charge in [-0.2, -0.15) is 0 Å². The van der Waals surface area contributed by atoms with E-state index in [0.717, 1.165) is 31.4 Å². The molecule has 4 unspecified atom stereocenters. The molecule has 9 heteroatoms. The van der Waals surface area contributed by atoms with Gasteiger partial charge in [-0.3, -0.25) is 0 Å². The molecule has 10 atom stereocenters. The molecule has 3 fully saturated rings. The van der Waals surface area contributed by atoms with Crippen molar-refractivity contribution >= 4 is 0 Å². The molecule has 5 N–H and O–H groups in total. The Bertz CT molecular complexity index is 910. The summed E-state index contributed by atoms with van der Waals surface area (Å²) in [6, 6.07) is 4.22. The van der Waals surface area contributed by atoms with Gasteiger partial charge in [0.15, 0.2) is 11.5 Å². The number of rotatable bonds is 3. The molecule has 0 amide bonds. The van der Waals surface area contributed by atoms with Gasteiger partial charge in [0.2, 0.25) is 6.29 Å². The van der Waals surface area contributed by atoms with Crippen molar-refractivity contribution in [1.29, 1.82) is 0 Å². The zero-order valence-corrected chi connectivity index (χ0v) is 18.0. The number of aliphatic hydroxyl groups excluding tert-OH is 5. The van der Waals surface area contributed by atoms with Gasteiger partial charge in [0, 0.05) is 17.0 Å². The van der Waals surface area contributed by atoms with Crippen LogP contribution >= 0.6 is 0 Å². The van der Waals surface area contributed by atoms with E-state index in [1.54, 1.807) is 6.07 Å². The Balaban J connectivity index is 1.40. The third-order valence-corrected chi connectivity index (χ3v) is 8.64. The van der Waals surface area contributed by atoms with Crippen molar-refractivity contribution in [3.8, 4) is 11.5 Å². The highest BCUT2D eigenvalue weighted by molar-refractivity contribution is 5.61. The molecule has 176 valence electrons. The van der Waals surface area contributed by atoms with Gasteiger partial charge in [0.25, 0.3) is 0 Å². The summed E-state index contributed by atoms with van der Waals surface area (Å²) in [5.74, 6) is 1.35. The molecule has 1 spiro atoms. The lowest BCUT2D eigenvalue weighted by molar-refractivity contribution is -0.277. The maximum atomic E-state index is 10.9. The summed E-state index contributed by atoms with van der Waals surface area (Å²) in [4.78, 5) is 2.43. The van der Waals surface area contributed by atoms with Gasteiger partial charge >= 0.3 is 0 Å². The van der Waals surface area contributed by atoms with Crippen molar-refractivity contribution in [1.82, 2.24) is 4.90 Å². The third kappa shape index (κ3) is 2.64. The van der Waals surface area contributed by atoms with Gasteiger partial charge in [0.1, 0.15) is 30.5 Å². The van der Waals surface area contributed by atoms with Crippen LogP contribution in [-0.2, 0) is 16.6 Å². The summed E-state index contributed by atoms with van der Waals surface area (Å²) in [7, 11) is 2.18. The Morgan fingerprint density at radius 2 is 1.94 bits per heavy atom. The molecule has 5 aliphatic rings. The SMILES string of the molecule is CN1CC[C@]23c4c5ccc(OC6O[C@H](CO)[C@@H](O)[C@H](O)[C@H]6O)c4OC2C(O)CCC3[C@H]1C5. The highest BCUT2D eigenvalue weighted by Gasteiger charge is 2.65. The first-order valence-electron chi connectivity index (χ1n) is 11.5. The molecule has 3 aliphatic heterocycles. The number of nitrogens with zero attached hydrogens (tertiary/aromatic N) is 1. The topological polar surface area (TPSA) is 132 Å². The monoisotopic (exact) mass is 449 g/mol. The molecule has 2 bridgehead atoms. The quantitative estimate of drug-likeness (QED) is 0.390. The molecule has 1 saturated carbocycles. The van der Waals surface area contributed by atoms with Crippen LogP contribution in [0.25, 0.3) is 0 Å². The number of aliphatic hydroxyl groups is 5. The summed E-state index contributed by atoms with van der Waals surface area (Å²) in [6.07, 6.45) is -4.22. The highest BCUT2D eigenvalue weighted by Crippen LogP contribution is 2.63. The summed E-state index contributed by atoms with van der Waals surface area (Å²) in [5.41, 5.74) is 2.05. The first kappa shape index (κ1) is 21.1. The van der Waals surface area contributed by atoms with Crippen LogP contribution in [0.15, 0.2) is 12.1 Å². The summed E-state index contributed by atoms with van der Waals surface area (Å²) >= 11 is 0. The zero-order chi connectivity index (χ0) is 22.4. The van der Waals surface area contributed by atoms with E-state index in [1.807, 2.05) is 6.07 Å². The fourth-order valence-electron chi connectivity index (χ4n) is 7.08. The number of hydrogen-bond acceptors (Lipinski definition) is 9. The maximum Gasteiger partial charge on any atom is 0.229 e. The predicted octanol–water partition coefficient (Wildman–Crippen LogP) is -1.10. The number of likely N-dealkylation sites (tertiary alicyclic amines) is 1.